The fraction of sp³-hybridized carbons (Fsp3) is 1.00. The maximum absolute atomic E-state index is 9.24. The third-order valence-corrected chi connectivity index (χ3v) is 3.70. The summed E-state index contributed by atoms with van der Waals surface area (Å²) >= 11 is 0. The largest absolute Gasteiger partial charge is 0.394 e. The Balaban J connectivity index is 2.94. The van der Waals surface area contributed by atoms with E-state index in [4.69, 9.17) is 5.73 Å². The molecule has 1 rings (SSSR count). The highest BCUT2D eigenvalue weighted by Gasteiger charge is 2.52. The summed E-state index contributed by atoms with van der Waals surface area (Å²) in [5.41, 5.74) is 5.57. The number of nitrogens with two attached hydrogens (primary N) is 1. The number of rotatable bonds is 1. The molecule has 0 bridgehead atoms. The highest BCUT2D eigenvalue weighted by Crippen LogP contribution is 2.38. The predicted molar refractivity (Wildman–Crippen MR) is 49.9 cm³/mol. The Morgan fingerprint density at radius 1 is 1.58 bits per heavy atom. The summed E-state index contributed by atoms with van der Waals surface area (Å²) in [4.78, 5) is 2.24. The summed E-state index contributed by atoms with van der Waals surface area (Å²) < 4.78 is 0. The standard InChI is InChI=1S/C9H20N2O/c1-7-5-9(10,6-12)8(2,3)11(7)4/h7,12H,5-6,10H2,1-4H3. The van der Waals surface area contributed by atoms with Crippen LogP contribution in [0.3, 0.4) is 0 Å². The summed E-state index contributed by atoms with van der Waals surface area (Å²) in [6.07, 6.45) is 0.868. The van der Waals surface area contributed by atoms with E-state index in [-0.39, 0.29) is 12.1 Å². The maximum Gasteiger partial charge on any atom is 0.0629 e. The molecule has 3 heteroatoms. The lowest BCUT2D eigenvalue weighted by atomic mass is 9.81. The molecule has 0 radical (unpaired) electrons. The van der Waals surface area contributed by atoms with E-state index in [2.05, 4.69) is 32.7 Å². The topological polar surface area (TPSA) is 49.5 Å². The number of nitrogens with zero attached hydrogens (tertiary/aromatic N) is 1. The minimum absolute atomic E-state index is 0.0642. The smallest absolute Gasteiger partial charge is 0.0629 e. The Morgan fingerprint density at radius 3 is 2.25 bits per heavy atom. The van der Waals surface area contributed by atoms with Crippen LogP contribution in [-0.4, -0.2) is 40.8 Å². The predicted octanol–water partition coefficient (Wildman–Crippen LogP) is 0.179. The number of likely N-dealkylation sites (N-methyl/N-ethyl adjacent to an activating group) is 1. The van der Waals surface area contributed by atoms with Gasteiger partial charge in [0.1, 0.15) is 0 Å². The Bertz CT molecular complexity index is 179. The van der Waals surface area contributed by atoms with E-state index >= 15 is 0 Å². The molecule has 0 aromatic carbocycles. The van der Waals surface area contributed by atoms with E-state index in [1.54, 1.807) is 0 Å². The first-order valence-electron chi connectivity index (χ1n) is 4.48. The van der Waals surface area contributed by atoms with Gasteiger partial charge in [0.2, 0.25) is 0 Å². The molecule has 72 valence electrons. The summed E-state index contributed by atoms with van der Waals surface area (Å²) in [6, 6.07) is 0.456. The van der Waals surface area contributed by atoms with E-state index in [1.165, 1.54) is 0 Å². The van der Waals surface area contributed by atoms with Crippen LogP contribution in [0.2, 0.25) is 0 Å². The second-order valence-electron chi connectivity index (χ2n) is 4.54. The van der Waals surface area contributed by atoms with Gasteiger partial charge in [0, 0.05) is 11.6 Å². The number of aliphatic hydroxyl groups is 1. The molecular formula is C9H20N2O. The maximum atomic E-state index is 9.24. The van der Waals surface area contributed by atoms with Gasteiger partial charge in [-0.15, -0.1) is 0 Å². The minimum Gasteiger partial charge on any atom is -0.394 e. The second-order valence-corrected chi connectivity index (χ2v) is 4.54. The van der Waals surface area contributed by atoms with Crippen LogP contribution in [0.5, 0.6) is 0 Å². The van der Waals surface area contributed by atoms with Crippen LogP contribution in [0.1, 0.15) is 27.2 Å². The molecule has 1 aliphatic rings. The van der Waals surface area contributed by atoms with Gasteiger partial charge in [-0.2, -0.15) is 0 Å². The molecule has 0 aliphatic carbocycles. The normalized spacial score (nSPS) is 42.0. The van der Waals surface area contributed by atoms with Crippen LogP contribution in [-0.2, 0) is 0 Å². The molecule has 0 saturated carbocycles. The van der Waals surface area contributed by atoms with Crippen molar-refractivity contribution >= 4 is 0 Å². The molecular weight excluding hydrogens is 152 g/mol. The highest BCUT2D eigenvalue weighted by molar-refractivity contribution is 5.11. The first kappa shape index (κ1) is 9.96. The SMILES string of the molecule is CC1CC(N)(CO)C(C)(C)N1C. The lowest BCUT2D eigenvalue weighted by Gasteiger charge is -2.40. The molecule has 1 aliphatic heterocycles. The van der Waals surface area contributed by atoms with Gasteiger partial charge in [0.15, 0.2) is 0 Å². The monoisotopic (exact) mass is 172 g/mol. The van der Waals surface area contributed by atoms with Crippen molar-refractivity contribution in [1.82, 2.24) is 4.90 Å². The van der Waals surface area contributed by atoms with Gasteiger partial charge in [-0.1, -0.05) is 0 Å². The molecule has 3 N–H and O–H groups in total. The van der Waals surface area contributed by atoms with Gasteiger partial charge in [-0.25, -0.2) is 0 Å². The van der Waals surface area contributed by atoms with Gasteiger partial charge in [-0.05, 0) is 34.2 Å². The van der Waals surface area contributed by atoms with Crippen molar-refractivity contribution in [3.63, 3.8) is 0 Å². The molecule has 1 saturated heterocycles. The Hall–Kier alpha value is -0.120. The van der Waals surface area contributed by atoms with Gasteiger partial charge < -0.3 is 10.8 Å². The number of likely N-dealkylation sites (tertiary alicyclic amines) is 1. The Morgan fingerprint density at radius 2 is 2.08 bits per heavy atom. The Kier molecular flexibility index (Phi) is 2.23. The number of hydrogen-bond donors (Lipinski definition) is 2. The van der Waals surface area contributed by atoms with E-state index in [0.717, 1.165) is 6.42 Å². The first-order chi connectivity index (χ1) is 5.35. The molecule has 0 amide bonds. The van der Waals surface area contributed by atoms with Crippen molar-refractivity contribution in [2.75, 3.05) is 13.7 Å². The molecule has 0 aromatic rings. The molecule has 0 spiro atoms. The van der Waals surface area contributed by atoms with Crippen molar-refractivity contribution in [3.8, 4) is 0 Å². The molecule has 3 nitrogen and oxygen atoms in total. The fourth-order valence-electron chi connectivity index (χ4n) is 2.07. The summed E-state index contributed by atoms with van der Waals surface area (Å²) in [7, 11) is 2.06. The van der Waals surface area contributed by atoms with Crippen LogP contribution in [0.4, 0.5) is 0 Å². The van der Waals surface area contributed by atoms with Crippen molar-refractivity contribution < 1.29 is 5.11 Å². The first-order valence-corrected chi connectivity index (χ1v) is 4.48. The van der Waals surface area contributed by atoms with Crippen molar-refractivity contribution in [2.24, 2.45) is 5.73 Å². The zero-order valence-electron chi connectivity index (χ0n) is 8.46. The lowest BCUT2D eigenvalue weighted by molar-refractivity contribution is 0.0857. The summed E-state index contributed by atoms with van der Waals surface area (Å²) in [5, 5.41) is 9.24. The van der Waals surface area contributed by atoms with Crippen molar-refractivity contribution in [1.29, 1.82) is 0 Å². The van der Waals surface area contributed by atoms with Crippen LogP contribution >= 0.6 is 0 Å². The highest BCUT2D eigenvalue weighted by atomic mass is 16.3. The van der Waals surface area contributed by atoms with Gasteiger partial charge in [0.25, 0.3) is 0 Å². The van der Waals surface area contributed by atoms with E-state index in [0.29, 0.717) is 6.04 Å². The van der Waals surface area contributed by atoms with Crippen LogP contribution in [0.25, 0.3) is 0 Å². The zero-order valence-corrected chi connectivity index (χ0v) is 8.46. The van der Waals surface area contributed by atoms with Crippen LogP contribution < -0.4 is 5.73 Å². The van der Waals surface area contributed by atoms with Gasteiger partial charge >= 0.3 is 0 Å². The van der Waals surface area contributed by atoms with Crippen LogP contribution in [0, 0.1) is 0 Å². The average molecular weight is 172 g/mol. The fourth-order valence-corrected chi connectivity index (χ4v) is 2.07. The Labute approximate surface area is 74.5 Å². The second kappa shape index (κ2) is 2.69. The number of aliphatic hydroxyl groups excluding tert-OH is 1. The van der Waals surface area contributed by atoms with Crippen molar-refractivity contribution in [3.05, 3.63) is 0 Å². The molecule has 1 heterocycles. The molecule has 0 aromatic heterocycles. The van der Waals surface area contributed by atoms with Crippen LogP contribution in [0.15, 0.2) is 0 Å². The molecule has 2 unspecified atom stereocenters. The van der Waals surface area contributed by atoms with Crippen molar-refractivity contribution in [2.45, 2.75) is 44.3 Å². The third kappa shape index (κ3) is 1.08. The lowest BCUT2D eigenvalue weighted by Crippen LogP contribution is -2.60. The third-order valence-electron chi connectivity index (χ3n) is 3.70. The average Bonchev–Trinajstić information content (AvgIpc) is 2.14. The molecule has 1 fully saturated rings. The van der Waals surface area contributed by atoms with E-state index < -0.39 is 5.54 Å². The van der Waals surface area contributed by atoms with E-state index in [1.807, 2.05) is 0 Å². The quantitative estimate of drug-likeness (QED) is 0.593. The molecule has 2 atom stereocenters. The van der Waals surface area contributed by atoms with Gasteiger partial charge in [0.05, 0.1) is 12.1 Å². The van der Waals surface area contributed by atoms with E-state index in [9.17, 15) is 5.11 Å². The number of hydrogen-bond acceptors (Lipinski definition) is 3. The van der Waals surface area contributed by atoms with Gasteiger partial charge in [-0.3, -0.25) is 4.90 Å². The molecule has 12 heavy (non-hydrogen) atoms. The minimum atomic E-state index is -0.443. The summed E-state index contributed by atoms with van der Waals surface area (Å²) in [5.74, 6) is 0. The summed E-state index contributed by atoms with van der Waals surface area (Å²) in [6.45, 7) is 6.39. The zero-order chi connectivity index (χ0) is 9.57.